The molecule has 0 unspecified atom stereocenters. The van der Waals surface area contributed by atoms with Crippen LogP contribution < -0.4 is 5.32 Å². The van der Waals surface area contributed by atoms with Gasteiger partial charge in [-0.1, -0.05) is 12.1 Å². The first-order chi connectivity index (χ1) is 9.83. The molecule has 20 heavy (non-hydrogen) atoms. The molecule has 1 aromatic carbocycles. The van der Waals surface area contributed by atoms with Gasteiger partial charge in [0.05, 0.1) is 18.6 Å². The molecule has 0 saturated carbocycles. The van der Waals surface area contributed by atoms with Crippen molar-refractivity contribution in [1.29, 1.82) is 0 Å². The van der Waals surface area contributed by atoms with Gasteiger partial charge in [-0.15, -0.1) is 10.2 Å². The Kier molecular flexibility index (Phi) is 3.19. The summed E-state index contributed by atoms with van der Waals surface area (Å²) in [6.07, 6.45) is 3.24. The van der Waals surface area contributed by atoms with Gasteiger partial charge in [0, 0.05) is 17.3 Å². The quantitative estimate of drug-likeness (QED) is 0.639. The molecule has 2 aromatic heterocycles. The molecule has 0 aliphatic heterocycles. The lowest BCUT2D eigenvalue weighted by Gasteiger charge is -2.04. The number of benzene rings is 1. The van der Waals surface area contributed by atoms with Crippen molar-refractivity contribution < 1.29 is 4.79 Å². The highest BCUT2D eigenvalue weighted by molar-refractivity contribution is 5.94. The molecule has 8 heteroatoms. The maximum Gasteiger partial charge on any atom is 0.251 e. The van der Waals surface area contributed by atoms with Crippen LogP contribution in [0.15, 0.2) is 36.8 Å². The van der Waals surface area contributed by atoms with Gasteiger partial charge < -0.3 is 10.3 Å². The molecule has 0 bridgehead atoms. The molecule has 0 spiro atoms. The molecule has 3 aromatic rings. The molecule has 8 nitrogen and oxygen atoms in total. The molecule has 1 amide bonds. The SMILES string of the molecule is O=C(NCc1cnc[nH]1)c1ccc(-c2nn[nH]n2)cc1. The number of H-pyrrole nitrogens is 2. The van der Waals surface area contributed by atoms with Crippen molar-refractivity contribution in [2.24, 2.45) is 0 Å². The largest absolute Gasteiger partial charge is 0.347 e. The van der Waals surface area contributed by atoms with Gasteiger partial charge in [0.25, 0.3) is 5.91 Å². The van der Waals surface area contributed by atoms with Gasteiger partial charge in [0.1, 0.15) is 0 Å². The number of hydrogen-bond donors (Lipinski definition) is 3. The number of nitrogens with one attached hydrogen (secondary N) is 3. The number of carbonyl (C=O) groups excluding carboxylic acids is 1. The van der Waals surface area contributed by atoms with Crippen molar-refractivity contribution in [2.75, 3.05) is 0 Å². The minimum Gasteiger partial charge on any atom is -0.347 e. The Morgan fingerprint density at radius 3 is 2.75 bits per heavy atom. The van der Waals surface area contributed by atoms with Gasteiger partial charge in [-0.05, 0) is 17.3 Å². The lowest BCUT2D eigenvalue weighted by molar-refractivity contribution is 0.0950. The number of aromatic nitrogens is 6. The zero-order valence-electron chi connectivity index (χ0n) is 10.4. The fourth-order valence-corrected chi connectivity index (χ4v) is 1.71. The third-order valence-electron chi connectivity index (χ3n) is 2.74. The summed E-state index contributed by atoms with van der Waals surface area (Å²) in [7, 11) is 0. The highest BCUT2D eigenvalue weighted by Gasteiger charge is 2.07. The van der Waals surface area contributed by atoms with Crippen LogP contribution in [0.25, 0.3) is 11.4 Å². The van der Waals surface area contributed by atoms with Crippen molar-refractivity contribution >= 4 is 5.91 Å². The predicted molar refractivity (Wildman–Crippen MR) is 69.4 cm³/mol. The number of rotatable bonds is 4. The molecular weight excluding hydrogens is 258 g/mol. The van der Waals surface area contributed by atoms with Gasteiger partial charge >= 0.3 is 0 Å². The number of hydrogen-bond acceptors (Lipinski definition) is 5. The number of imidazole rings is 1. The number of carbonyl (C=O) groups is 1. The third-order valence-corrected chi connectivity index (χ3v) is 2.74. The molecule has 0 fully saturated rings. The van der Waals surface area contributed by atoms with Crippen molar-refractivity contribution in [3.63, 3.8) is 0 Å². The number of aromatic amines is 2. The summed E-state index contributed by atoms with van der Waals surface area (Å²) in [5.41, 5.74) is 2.21. The maximum atomic E-state index is 11.9. The van der Waals surface area contributed by atoms with Crippen LogP contribution in [0.5, 0.6) is 0 Å². The van der Waals surface area contributed by atoms with Gasteiger partial charge in [-0.3, -0.25) is 4.79 Å². The monoisotopic (exact) mass is 269 g/mol. The van der Waals surface area contributed by atoms with E-state index in [1.807, 2.05) is 0 Å². The molecule has 0 aliphatic carbocycles. The van der Waals surface area contributed by atoms with E-state index in [2.05, 4.69) is 35.9 Å². The number of amides is 1. The average Bonchev–Trinajstić information content (AvgIpc) is 3.18. The van der Waals surface area contributed by atoms with Crippen LogP contribution in [-0.2, 0) is 6.54 Å². The van der Waals surface area contributed by atoms with Crippen molar-refractivity contribution in [1.82, 2.24) is 35.9 Å². The molecule has 0 radical (unpaired) electrons. The summed E-state index contributed by atoms with van der Waals surface area (Å²) in [4.78, 5) is 18.7. The highest BCUT2D eigenvalue weighted by atomic mass is 16.1. The Labute approximate surface area is 113 Å². The lowest BCUT2D eigenvalue weighted by Crippen LogP contribution is -2.22. The molecular formula is C12H11N7O. The number of tetrazole rings is 1. The van der Waals surface area contributed by atoms with Crippen LogP contribution >= 0.6 is 0 Å². The normalized spacial score (nSPS) is 10.4. The van der Waals surface area contributed by atoms with Crippen LogP contribution in [0, 0.1) is 0 Å². The Bertz CT molecular complexity index is 673. The molecule has 3 rings (SSSR count). The second-order valence-corrected chi connectivity index (χ2v) is 4.07. The van der Waals surface area contributed by atoms with E-state index < -0.39 is 0 Å². The molecule has 0 atom stereocenters. The molecule has 100 valence electrons. The van der Waals surface area contributed by atoms with Crippen LogP contribution in [0.3, 0.4) is 0 Å². The highest BCUT2D eigenvalue weighted by Crippen LogP contribution is 2.13. The fourth-order valence-electron chi connectivity index (χ4n) is 1.71. The van der Waals surface area contributed by atoms with E-state index in [0.29, 0.717) is 17.9 Å². The Morgan fingerprint density at radius 2 is 2.10 bits per heavy atom. The van der Waals surface area contributed by atoms with E-state index in [9.17, 15) is 4.79 Å². The minimum absolute atomic E-state index is 0.153. The van der Waals surface area contributed by atoms with Crippen LogP contribution in [0.1, 0.15) is 16.1 Å². The third kappa shape index (κ3) is 2.53. The summed E-state index contributed by atoms with van der Waals surface area (Å²) < 4.78 is 0. The number of nitrogens with zero attached hydrogens (tertiary/aromatic N) is 4. The van der Waals surface area contributed by atoms with Crippen LogP contribution in [-0.4, -0.2) is 36.5 Å². The topological polar surface area (TPSA) is 112 Å². The van der Waals surface area contributed by atoms with E-state index in [1.165, 1.54) is 0 Å². The minimum atomic E-state index is -0.153. The summed E-state index contributed by atoms with van der Waals surface area (Å²) in [6, 6.07) is 6.98. The summed E-state index contributed by atoms with van der Waals surface area (Å²) in [5, 5.41) is 16.4. The molecule has 0 saturated heterocycles. The van der Waals surface area contributed by atoms with Crippen LogP contribution in [0.4, 0.5) is 0 Å². The van der Waals surface area contributed by atoms with Gasteiger partial charge in [0.2, 0.25) is 5.82 Å². The van der Waals surface area contributed by atoms with Gasteiger partial charge in [0.15, 0.2) is 0 Å². The van der Waals surface area contributed by atoms with E-state index in [0.717, 1.165) is 11.3 Å². The summed E-state index contributed by atoms with van der Waals surface area (Å²) in [5.74, 6) is 0.341. The lowest BCUT2D eigenvalue weighted by atomic mass is 10.1. The zero-order valence-corrected chi connectivity index (χ0v) is 10.4. The second-order valence-electron chi connectivity index (χ2n) is 4.07. The first-order valence-electron chi connectivity index (χ1n) is 5.92. The summed E-state index contributed by atoms with van der Waals surface area (Å²) >= 11 is 0. The fraction of sp³-hybridized carbons (Fsp3) is 0.0833. The van der Waals surface area contributed by atoms with E-state index in [1.54, 1.807) is 36.8 Å². The van der Waals surface area contributed by atoms with Crippen molar-refractivity contribution in [2.45, 2.75) is 6.54 Å². The zero-order chi connectivity index (χ0) is 13.8. The maximum absolute atomic E-state index is 11.9. The molecule has 3 N–H and O–H groups in total. The predicted octanol–water partition coefficient (Wildman–Crippen LogP) is 0.520. The Balaban J connectivity index is 1.66. The van der Waals surface area contributed by atoms with E-state index in [-0.39, 0.29) is 5.91 Å². The van der Waals surface area contributed by atoms with Crippen molar-refractivity contribution in [3.8, 4) is 11.4 Å². The molecule has 0 aliphatic rings. The Morgan fingerprint density at radius 1 is 1.25 bits per heavy atom. The first-order valence-corrected chi connectivity index (χ1v) is 5.92. The first kappa shape index (κ1) is 12.0. The van der Waals surface area contributed by atoms with Crippen LogP contribution in [0.2, 0.25) is 0 Å². The molecule has 2 heterocycles. The average molecular weight is 269 g/mol. The second kappa shape index (κ2) is 5.31. The Hall–Kier alpha value is -3.03. The van der Waals surface area contributed by atoms with Gasteiger partial charge in [-0.25, -0.2) is 4.98 Å². The van der Waals surface area contributed by atoms with Crippen molar-refractivity contribution in [3.05, 3.63) is 48.0 Å². The van der Waals surface area contributed by atoms with E-state index in [4.69, 9.17) is 0 Å². The van der Waals surface area contributed by atoms with Gasteiger partial charge in [-0.2, -0.15) is 5.21 Å². The smallest absolute Gasteiger partial charge is 0.251 e. The summed E-state index contributed by atoms with van der Waals surface area (Å²) in [6.45, 7) is 0.408. The standard InChI is InChI=1S/C12H11N7O/c20-12(14-6-10-5-13-7-15-10)9-3-1-8(2-4-9)11-16-18-19-17-11/h1-5,7H,6H2,(H,13,15)(H,14,20)(H,16,17,18,19). The van der Waals surface area contributed by atoms with E-state index >= 15 is 0 Å².